The van der Waals surface area contributed by atoms with Gasteiger partial charge in [0.15, 0.2) is 11.0 Å². The molecule has 0 aliphatic carbocycles. The smallest absolute Gasteiger partial charge is 0.233 e. The van der Waals surface area contributed by atoms with E-state index >= 15 is 0 Å². The molecule has 7 heteroatoms. The van der Waals surface area contributed by atoms with Gasteiger partial charge in [-0.05, 0) is 6.54 Å². The Bertz CT molecular complexity index is 680. The molecular formula is C17H23N5OS. The molecule has 2 heterocycles. The van der Waals surface area contributed by atoms with Crippen molar-refractivity contribution in [2.75, 3.05) is 38.5 Å². The summed E-state index contributed by atoms with van der Waals surface area (Å²) in [5.41, 5.74) is 1.03. The number of hydrogen-bond acceptors (Lipinski definition) is 5. The average molecular weight is 345 g/mol. The third-order valence-corrected chi connectivity index (χ3v) is 5.37. The first-order valence-electron chi connectivity index (χ1n) is 8.26. The molecule has 0 unspecified atom stereocenters. The summed E-state index contributed by atoms with van der Waals surface area (Å²) in [7, 11) is 1.94. The Morgan fingerprint density at radius 3 is 2.50 bits per heavy atom. The minimum absolute atomic E-state index is 0.181. The summed E-state index contributed by atoms with van der Waals surface area (Å²) in [6.07, 6.45) is 0. The van der Waals surface area contributed by atoms with Gasteiger partial charge in [0.2, 0.25) is 5.91 Å². The molecule has 2 aromatic rings. The van der Waals surface area contributed by atoms with Crippen LogP contribution in [0.2, 0.25) is 0 Å². The highest BCUT2D eigenvalue weighted by Gasteiger charge is 2.21. The van der Waals surface area contributed by atoms with Crippen molar-refractivity contribution in [3.8, 4) is 11.4 Å². The van der Waals surface area contributed by atoms with E-state index in [4.69, 9.17) is 0 Å². The van der Waals surface area contributed by atoms with Gasteiger partial charge in [0.05, 0.1) is 5.75 Å². The number of carbonyl (C=O) groups excluding carboxylic acids is 1. The number of aromatic nitrogens is 3. The monoisotopic (exact) mass is 345 g/mol. The standard InChI is InChI=1S/C17H23N5OS/c1-3-21-9-11-22(12-10-21)15(23)13-24-17-19-18-16(20(17)2)14-7-5-4-6-8-14/h4-8H,3,9-13H2,1-2H3. The van der Waals surface area contributed by atoms with Crippen molar-refractivity contribution in [1.29, 1.82) is 0 Å². The highest BCUT2D eigenvalue weighted by Crippen LogP contribution is 2.22. The minimum atomic E-state index is 0.181. The van der Waals surface area contributed by atoms with Gasteiger partial charge >= 0.3 is 0 Å². The Balaban J connectivity index is 1.57. The normalized spacial score (nSPS) is 15.7. The fourth-order valence-corrected chi connectivity index (χ4v) is 3.62. The van der Waals surface area contributed by atoms with Crippen molar-refractivity contribution in [2.24, 2.45) is 7.05 Å². The molecule has 0 spiro atoms. The molecule has 6 nitrogen and oxygen atoms in total. The van der Waals surface area contributed by atoms with Crippen LogP contribution in [0.15, 0.2) is 35.5 Å². The van der Waals surface area contributed by atoms with Crippen molar-refractivity contribution in [2.45, 2.75) is 12.1 Å². The van der Waals surface area contributed by atoms with Gasteiger partial charge in [-0.15, -0.1) is 10.2 Å². The maximum atomic E-state index is 12.4. The molecule has 0 bridgehead atoms. The van der Waals surface area contributed by atoms with E-state index in [1.165, 1.54) is 11.8 Å². The van der Waals surface area contributed by atoms with Gasteiger partial charge in [-0.3, -0.25) is 4.79 Å². The number of hydrogen-bond donors (Lipinski definition) is 0. The van der Waals surface area contributed by atoms with Crippen molar-refractivity contribution in [3.63, 3.8) is 0 Å². The summed E-state index contributed by atoms with van der Waals surface area (Å²) in [5.74, 6) is 1.41. The second-order valence-corrected chi connectivity index (χ2v) is 6.78. The predicted octanol–water partition coefficient (Wildman–Crippen LogP) is 1.74. The summed E-state index contributed by atoms with van der Waals surface area (Å²) < 4.78 is 1.95. The highest BCUT2D eigenvalue weighted by molar-refractivity contribution is 7.99. The number of benzene rings is 1. The molecule has 0 radical (unpaired) electrons. The van der Waals surface area contributed by atoms with Gasteiger partial charge in [-0.2, -0.15) is 0 Å². The van der Waals surface area contributed by atoms with Crippen LogP contribution in [0.25, 0.3) is 11.4 Å². The van der Waals surface area contributed by atoms with Crippen LogP contribution in [0, 0.1) is 0 Å². The zero-order chi connectivity index (χ0) is 16.9. The van der Waals surface area contributed by atoms with E-state index in [9.17, 15) is 4.79 Å². The average Bonchev–Trinajstić information content (AvgIpc) is 3.01. The van der Waals surface area contributed by atoms with Gasteiger partial charge in [0.1, 0.15) is 0 Å². The first kappa shape index (κ1) is 17.0. The lowest BCUT2D eigenvalue weighted by atomic mass is 10.2. The third kappa shape index (κ3) is 3.79. The first-order chi connectivity index (χ1) is 11.7. The fourth-order valence-electron chi connectivity index (χ4n) is 2.81. The quantitative estimate of drug-likeness (QED) is 0.773. The van der Waals surface area contributed by atoms with Gasteiger partial charge in [0, 0.05) is 38.8 Å². The molecule has 1 aliphatic rings. The highest BCUT2D eigenvalue weighted by atomic mass is 32.2. The molecule has 1 aromatic carbocycles. The van der Waals surface area contributed by atoms with Crippen LogP contribution in [-0.2, 0) is 11.8 Å². The zero-order valence-electron chi connectivity index (χ0n) is 14.2. The number of rotatable bonds is 5. The summed E-state index contributed by atoms with van der Waals surface area (Å²) in [5, 5.41) is 9.26. The molecule has 0 N–H and O–H groups in total. The van der Waals surface area contributed by atoms with Crippen molar-refractivity contribution >= 4 is 17.7 Å². The van der Waals surface area contributed by atoms with E-state index in [2.05, 4.69) is 22.0 Å². The SMILES string of the molecule is CCN1CCN(C(=O)CSc2nnc(-c3ccccc3)n2C)CC1. The molecule has 24 heavy (non-hydrogen) atoms. The number of thioether (sulfide) groups is 1. The molecule has 128 valence electrons. The molecule has 1 amide bonds. The fraction of sp³-hybridized carbons (Fsp3) is 0.471. The Morgan fingerprint density at radius 1 is 1.12 bits per heavy atom. The van der Waals surface area contributed by atoms with Crippen LogP contribution in [0.5, 0.6) is 0 Å². The number of nitrogens with zero attached hydrogens (tertiary/aromatic N) is 5. The molecule has 0 saturated carbocycles. The van der Waals surface area contributed by atoms with E-state index in [-0.39, 0.29) is 5.91 Å². The van der Waals surface area contributed by atoms with Crippen molar-refractivity contribution in [1.82, 2.24) is 24.6 Å². The number of amides is 1. The molecule has 0 atom stereocenters. The molecule has 1 saturated heterocycles. The van der Waals surface area contributed by atoms with E-state index in [1.54, 1.807) is 0 Å². The molecular weight excluding hydrogens is 322 g/mol. The second kappa shape index (κ2) is 7.81. The van der Waals surface area contributed by atoms with Gasteiger partial charge in [-0.25, -0.2) is 0 Å². The molecule has 1 aromatic heterocycles. The van der Waals surface area contributed by atoms with Gasteiger partial charge in [-0.1, -0.05) is 49.0 Å². The summed E-state index contributed by atoms with van der Waals surface area (Å²) in [4.78, 5) is 16.7. The summed E-state index contributed by atoms with van der Waals surface area (Å²) >= 11 is 1.46. The second-order valence-electron chi connectivity index (χ2n) is 5.83. The first-order valence-corrected chi connectivity index (χ1v) is 9.25. The molecule has 1 fully saturated rings. The zero-order valence-corrected chi connectivity index (χ0v) is 15.0. The van der Waals surface area contributed by atoms with Crippen molar-refractivity contribution in [3.05, 3.63) is 30.3 Å². The van der Waals surface area contributed by atoms with E-state index < -0.39 is 0 Å². The molecule has 1 aliphatic heterocycles. The van der Waals surface area contributed by atoms with Crippen molar-refractivity contribution < 1.29 is 4.79 Å². The van der Waals surface area contributed by atoms with Crippen LogP contribution >= 0.6 is 11.8 Å². The minimum Gasteiger partial charge on any atom is -0.339 e. The third-order valence-electron chi connectivity index (χ3n) is 4.36. The maximum Gasteiger partial charge on any atom is 0.233 e. The Kier molecular flexibility index (Phi) is 5.52. The van der Waals surface area contributed by atoms with Gasteiger partial charge < -0.3 is 14.4 Å². The lowest BCUT2D eigenvalue weighted by molar-refractivity contribution is -0.130. The summed E-state index contributed by atoms with van der Waals surface area (Å²) in [6, 6.07) is 9.97. The Hall–Kier alpha value is -1.86. The van der Waals surface area contributed by atoms with Crippen LogP contribution in [-0.4, -0.2) is 68.9 Å². The van der Waals surface area contributed by atoms with Crippen LogP contribution < -0.4 is 0 Å². The lowest BCUT2D eigenvalue weighted by Gasteiger charge is -2.33. The van der Waals surface area contributed by atoms with E-state index in [0.29, 0.717) is 5.75 Å². The van der Waals surface area contributed by atoms with Crippen LogP contribution in [0.4, 0.5) is 0 Å². The number of likely N-dealkylation sites (N-methyl/N-ethyl adjacent to an activating group) is 1. The van der Waals surface area contributed by atoms with Gasteiger partial charge in [0.25, 0.3) is 0 Å². The predicted molar refractivity (Wildman–Crippen MR) is 95.9 cm³/mol. The largest absolute Gasteiger partial charge is 0.339 e. The Labute approximate surface area is 146 Å². The molecule has 3 rings (SSSR count). The number of piperazine rings is 1. The Morgan fingerprint density at radius 2 is 1.83 bits per heavy atom. The van der Waals surface area contributed by atoms with E-state index in [1.807, 2.05) is 46.8 Å². The van der Waals surface area contributed by atoms with E-state index in [0.717, 1.165) is 49.3 Å². The maximum absolute atomic E-state index is 12.4. The summed E-state index contributed by atoms with van der Waals surface area (Å²) in [6.45, 7) is 6.79. The lowest BCUT2D eigenvalue weighted by Crippen LogP contribution is -2.49. The van der Waals surface area contributed by atoms with Crippen LogP contribution in [0.1, 0.15) is 6.92 Å². The topological polar surface area (TPSA) is 54.3 Å². The number of carbonyl (C=O) groups is 1. The van der Waals surface area contributed by atoms with Crippen LogP contribution in [0.3, 0.4) is 0 Å².